The number of halogens is 4. The number of oxazole rings is 1. The Morgan fingerprint density at radius 2 is 1.96 bits per heavy atom. The van der Waals surface area contributed by atoms with Gasteiger partial charge in [0, 0.05) is 17.9 Å². The molecule has 2 heterocycles. The maximum atomic E-state index is 13.0. The molecule has 4 nitrogen and oxygen atoms in total. The van der Waals surface area contributed by atoms with Crippen molar-refractivity contribution in [1.29, 1.82) is 0 Å². The number of benzene rings is 2. The van der Waals surface area contributed by atoms with Crippen molar-refractivity contribution < 1.29 is 17.6 Å². The van der Waals surface area contributed by atoms with Gasteiger partial charge in [-0.05, 0) is 48.7 Å². The van der Waals surface area contributed by atoms with Gasteiger partial charge in [-0.15, -0.1) is 0 Å². The molecule has 0 atom stereocenters. The summed E-state index contributed by atoms with van der Waals surface area (Å²) in [5.41, 5.74) is 2.44. The van der Waals surface area contributed by atoms with Crippen molar-refractivity contribution >= 4 is 40.1 Å². The number of nitrogens with zero attached hydrogens (tertiary/aromatic N) is 2. The van der Waals surface area contributed by atoms with E-state index in [4.69, 9.17) is 16.0 Å². The van der Waals surface area contributed by atoms with Crippen LogP contribution in [-0.4, -0.2) is 17.2 Å². The minimum Gasteiger partial charge on any atom is -0.423 e. The van der Waals surface area contributed by atoms with Crippen LogP contribution in [0.5, 0.6) is 0 Å². The van der Waals surface area contributed by atoms with Gasteiger partial charge in [0.15, 0.2) is 5.58 Å². The molecule has 0 bridgehead atoms. The molecule has 1 aliphatic rings. The lowest BCUT2D eigenvalue weighted by molar-refractivity contribution is -0.137. The Kier molecular flexibility index (Phi) is 4.11. The summed E-state index contributed by atoms with van der Waals surface area (Å²) in [5.74, 6) is 0. The summed E-state index contributed by atoms with van der Waals surface area (Å²) in [6.07, 6.45) is -2.57. The zero-order chi connectivity index (χ0) is 18.3. The van der Waals surface area contributed by atoms with Gasteiger partial charge in [-0.3, -0.25) is 4.99 Å². The first kappa shape index (κ1) is 16.9. The molecule has 0 radical (unpaired) electrons. The second-order valence-electron chi connectivity index (χ2n) is 5.95. The highest BCUT2D eigenvalue weighted by molar-refractivity contribution is 6.31. The van der Waals surface area contributed by atoms with Crippen LogP contribution in [0.3, 0.4) is 0 Å². The van der Waals surface area contributed by atoms with E-state index in [0.29, 0.717) is 11.1 Å². The lowest BCUT2D eigenvalue weighted by Crippen LogP contribution is -2.06. The first-order valence-corrected chi connectivity index (χ1v) is 8.36. The van der Waals surface area contributed by atoms with Crippen LogP contribution < -0.4 is 5.32 Å². The van der Waals surface area contributed by atoms with Gasteiger partial charge in [0.05, 0.1) is 10.6 Å². The molecule has 0 unspecified atom stereocenters. The lowest BCUT2D eigenvalue weighted by atomic mass is 10.1. The fourth-order valence-electron chi connectivity index (χ4n) is 2.88. The molecule has 3 aromatic rings. The smallest absolute Gasteiger partial charge is 0.417 e. The Morgan fingerprint density at radius 1 is 1.12 bits per heavy atom. The van der Waals surface area contributed by atoms with E-state index in [9.17, 15) is 13.2 Å². The summed E-state index contributed by atoms with van der Waals surface area (Å²) >= 11 is 5.63. The summed E-state index contributed by atoms with van der Waals surface area (Å²) in [6.45, 7) is 0.828. The number of aliphatic imine (C=N–C) groups is 1. The number of hydrogen-bond donors (Lipinski definition) is 1. The Hall–Kier alpha value is -2.54. The highest BCUT2D eigenvalue weighted by Gasteiger charge is 2.33. The highest BCUT2D eigenvalue weighted by Crippen LogP contribution is 2.37. The monoisotopic (exact) mass is 379 g/mol. The molecule has 4 rings (SSSR count). The third kappa shape index (κ3) is 3.26. The van der Waals surface area contributed by atoms with Crippen molar-refractivity contribution in [1.82, 2.24) is 4.98 Å². The third-order valence-electron chi connectivity index (χ3n) is 4.12. The molecule has 8 heteroatoms. The molecule has 0 saturated heterocycles. The SMILES string of the molecule is FC(F)(F)c1cc(Nc2nc3ccc(C4=NCCC4)cc3o2)ccc1Cl. The van der Waals surface area contributed by atoms with E-state index in [1.807, 2.05) is 18.2 Å². The van der Waals surface area contributed by atoms with Crippen LogP contribution >= 0.6 is 11.6 Å². The number of aromatic nitrogens is 1. The molecule has 134 valence electrons. The standard InChI is InChI=1S/C18H13ClF3N3O/c19-13-5-4-11(9-12(13)18(20,21)22)24-17-25-15-6-3-10(8-16(15)26-17)14-2-1-7-23-14/h3-6,8-9H,1-2,7H2,(H,24,25). The first-order chi connectivity index (χ1) is 12.4. The van der Waals surface area contributed by atoms with Crippen molar-refractivity contribution in [3.05, 3.63) is 52.5 Å². The Balaban J connectivity index is 1.63. The van der Waals surface area contributed by atoms with E-state index in [1.54, 1.807) is 0 Å². The summed E-state index contributed by atoms with van der Waals surface area (Å²) < 4.78 is 44.5. The number of hydrogen-bond acceptors (Lipinski definition) is 4. The fraction of sp³-hybridized carbons (Fsp3) is 0.222. The van der Waals surface area contributed by atoms with Crippen molar-refractivity contribution in [2.45, 2.75) is 19.0 Å². The van der Waals surface area contributed by atoms with Gasteiger partial charge in [-0.2, -0.15) is 18.2 Å². The normalized spacial score (nSPS) is 14.7. The van der Waals surface area contributed by atoms with E-state index in [2.05, 4.69) is 15.3 Å². The van der Waals surface area contributed by atoms with Gasteiger partial charge in [-0.1, -0.05) is 17.7 Å². The van der Waals surface area contributed by atoms with Crippen LogP contribution in [0, 0.1) is 0 Å². The molecule has 0 fully saturated rings. The van der Waals surface area contributed by atoms with Gasteiger partial charge in [-0.25, -0.2) is 0 Å². The molecule has 2 aromatic carbocycles. The van der Waals surface area contributed by atoms with E-state index in [0.717, 1.165) is 36.7 Å². The summed E-state index contributed by atoms with van der Waals surface area (Å²) in [6, 6.07) is 9.24. The molecule has 26 heavy (non-hydrogen) atoms. The van der Waals surface area contributed by atoms with Gasteiger partial charge in [0.2, 0.25) is 0 Å². The predicted octanol–water partition coefficient (Wildman–Crippen LogP) is 5.83. The van der Waals surface area contributed by atoms with E-state index >= 15 is 0 Å². The number of fused-ring (bicyclic) bond motifs is 1. The third-order valence-corrected chi connectivity index (χ3v) is 4.45. The molecule has 0 saturated carbocycles. The average molecular weight is 380 g/mol. The maximum Gasteiger partial charge on any atom is 0.417 e. The van der Waals surface area contributed by atoms with Gasteiger partial charge >= 0.3 is 6.18 Å². The Morgan fingerprint density at radius 3 is 2.69 bits per heavy atom. The molecule has 1 aliphatic heterocycles. The quantitative estimate of drug-likeness (QED) is 0.623. The van der Waals surface area contributed by atoms with Crippen LogP contribution in [0.4, 0.5) is 24.9 Å². The molecule has 1 aromatic heterocycles. The fourth-order valence-corrected chi connectivity index (χ4v) is 3.10. The highest BCUT2D eigenvalue weighted by atomic mass is 35.5. The van der Waals surface area contributed by atoms with Crippen LogP contribution in [-0.2, 0) is 6.18 Å². The molecule has 1 N–H and O–H groups in total. The minimum absolute atomic E-state index is 0.112. The van der Waals surface area contributed by atoms with Crippen molar-refractivity contribution in [3.63, 3.8) is 0 Å². The second-order valence-corrected chi connectivity index (χ2v) is 6.36. The number of alkyl halides is 3. The minimum atomic E-state index is -4.53. The Labute approximate surface area is 151 Å². The van der Waals surface area contributed by atoms with Crippen molar-refractivity contribution in [3.8, 4) is 0 Å². The molecular weight excluding hydrogens is 367 g/mol. The zero-order valence-corrected chi connectivity index (χ0v) is 14.2. The summed E-state index contributed by atoms with van der Waals surface area (Å²) in [5, 5.41) is 2.40. The van der Waals surface area contributed by atoms with Crippen LogP contribution in [0.15, 0.2) is 45.8 Å². The van der Waals surface area contributed by atoms with Gasteiger partial charge in [0.1, 0.15) is 5.52 Å². The van der Waals surface area contributed by atoms with Crippen LogP contribution in [0.2, 0.25) is 5.02 Å². The maximum absolute atomic E-state index is 13.0. The first-order valence-electron chi connectivity index (χ1n) is 7.98. The van der Waals surface area contributed by atoms with E-state index < -0.39 is 11.7 Å². The number of rotatable bonds is 3. The molecule has 0 spiro atoms. The van der Waals surface area contributed by atoms with Crippen molar-refractivity contribution in [2.24, 2.45) is 4.99 Å². The predicted molar refractivity (Wildman–Crippen MR) is 94.4 cm³/mol. The zero-order valence-electron chi connectivity index (χ0n) is 13.4. The van der Waals surface area contributed by atoms with Gasteiger partial charge in [0.25, 0.3) is 6.01 Å². The lowest BCUT2D eigenvalue weighted by Gasteiger charge is -2.10. The van der Waals surface area contributed by atoms with Gasteiger partial charge < -0.3 is 9.73 Å². The number of nitrogens with one attached hydrogen (secondary N) is 1. The van der Waals surface area contributed by atoms with Crippen LogP contribution in [0.25, 0.3) is 11.1 Å². The number of anilines is 2. The summed E-state index contributed by atoms with van der Waals surface area (Å²) in [7, 11) is 0. The average Bonchev–Trinajstić information content (AvgIpc) is 3.23. The molecule has 0 aliphatic carbocycles. The summed E-state index contributed by atoms with van der Waals surface area (Å²) in [4.78, 5) is 8.71. The molecule has 0 amide bonds. The van der Waals surface area contributed by atoms with Crippen molar-refractivity contribution in [2.75, 3.05) is 11.9 Å². The van der Waals surface area contributed by atoms with Crippen LogP contribution in [0.1, 0.15) is 24.0 Å². The van der Waals surface area contributed by atoms with E-state index in [-0.39, 0.29) is 16.7 Å². The second kappa shape index (κ2) is 6.32. The molecular formula is C18H13ClF3N3O. The van der Waals surface area contributed by atoms with E-state index in [1.165, 1.54) is 12.1 Å². The Bertz CT molecular complexity index is 1010. The topological polar surface area (TPSA) is 50.4 Å². The largest absolute Gasteiger partial charge is 0.423 e.